The molecule has 106 valence electrons. The van der Waals surface area contributed by atoms with Crippen molar-refractivity contribution in [2.24, 2.45) is 0 Å². The minimum absolute atomic E-state index is 0.258. The highest BCUT2D eigenvalue weighted by Crippen LogP contribution is 2.20. The van der Waals surface area contributed by atoms with Crippen LogP contribution in [-0.4, -0.2) is 53.4 Å². The summed E-state index contributed by atoms with van der Waals surface area (Å²) in [6.07, 6.45) is 1.33. The molecule has 1 aromatic heterocycles. The molecule has 0 unspecified atom stereocenters. The summed E-state index contributed by atoms with van der Waals surface area (Å²) in [4.78, 5) is 13.5. The van der Waals surface area contributed by atoms with Gasteiger partial charge in [-0.15, -0.1) is 5.10 Å². The van der Waals surface area contributed by atoms with Crippen molar-refractivity contribution in [3.63, 3.8) is 0 Å². The standard InChI is InChI=1S/C13H22N4O2/c1-5-9-10(6-2)15-16-12(11(9)13(18)19)14-7-8-17(3)4/h5-8H2,1-4H3,(H,14,16)(H,18,19). The first-order valence-electron chi connectivity index (χ1n) is 6.51. The van der Waals surface area contributed by atoms with E-state index < -0.39 is 5.97 Å². The lowest BCUT2D eigenvalue weighted by molar-refractivity contribution is 0.0696. The van der Waals surface area contributed by atoms with Gasteiger partial charge in [-0.2, -0.15) is 5.10 Å². The SMILES string of the molecule is CCc1nnc(NCCN(C)C)c(C(=O)O)c1CC. The van der Waals surface area contributed by atoms with Crippen molar-refractivity contribution in [1.82, 2.24) is 15.1 Å². The van der Waals surface area contributed by atoms with Gasteiger partial charge in [0.15, 0.2) is 5.82 Å². The van der Waals surface area contributed by atoms with Crippen molar-refractivity contribution in [2.75, 3.05) is 32.5 Å². The van der Waals surface area contributed by atoms with Crippen LogP contribution in [0.5, 0.6) is 0 Å². The Kier molecular flexibility index (Phi) is 5.69. The number of hydrogen-bond acceptors (Lipinski definition) is 5. The van der Waals surface area contributed by atoms with E-state index in [4.69, 9.17) is 0 Å². The molecular weight excluding hydrogens is 244 g/mol. The van der Waals surface area contributed by atoms with Crippen molar-refractivity contribution < 1.29 is 9.90 Å². The molecule has 2 N–H and O–H groups in total. The predicted molar refractivity (Wildman–Crippen MR) is 74.8 cm³/mol. The molecule has 1 rings (SSSR count). The Morgan fingerprint density at radius 1 is 1.26 bits per heavy atom. The summed E-state index contributed by atoms with van der Waals surface area (Å²) in [5, 5.41) is 20.6. The number of aromatic nitrogens is 2. The Balaban J connectivity index is 3.06. The van der Waals surface area contributed by atoms with Gasteiger partial charge in [-0.3, -0.25) is 0 Å². The number of rotatable bonds is 7. The normalized spacial score (nSPS) is 10.8. The van der Waals surface area contributed by atoms with Gasteiger partial charge in [-0.25, -0.2) is 4.79 Å². The number of anilines is 1. The van der Waals surface area contributed by atoms with Gasteiger partial charge in [0.2, 0.25) is 0 Å². The number of carboxylic acids is 1. The topological polar surface area (TPSA) is 78.4 Å². The largest absolute Gasteiger partial charge is 0.478 e. The molecule has 0 saturated heterocycles. The number of nitrogens with zero attached hydrogens (tertiary/aromatic N) is 3. The number of carbonyl (C=O) groups is 1. The maximum absolute atomic E-state index is 11.4. The first-order valence-corrected chi connectivity index (χ1v) is 6.51. The summed E-state index contributed by atoms with van der Waals surface area (Å²) in [6.45, 7) is 5.33. The summed E-state index contributed by atoms with van der Waals surface area (Å²) in [6, 6.07) is 0. The van der Waals surface area contributed by atoms with Crippen LogP contribution in [-0.2, 0) is 12.8 Å². The zero-order valence-electron chi connectivity index (χ0n) is 12.0. The highest BCUT2D eigenvalue weighted by Gasteiger charge is 2.19. The average Bonchev–Trinajstić information content (AvgIpc) is 2.37. The van der Waals surface area contributed by atoms with Crippen LogP contribution >= 0.6 is 0 Å². The van der Waals surface area contributed by atoms with Crippen molar-refractivity contribution in [2.45, 2.75) is 26.7 Å². The smallest absolute Gasteiger partial charge is 0.339 e. The molecule has 0 spiro atoms. The second-order valence-corrected chi connectivity index (χ2v) is 4.59. The van der Waals surface area contributed by atoms with E-state index in [2.05, 4.69) is 15.5 Å². The van der Waals surface area contributed by atoms with Crippen molar-refractivity contribution in [3.05, 3.63) is 16.8 Å². The Bertz CT molecular complexity index is 447. The number of carboxylic acid groups (broad SMARTS) is 1. The fourth-order valence-corrected chi connectivity index (χ4v) is 1.92. The van der Waals surface area contributed by atoms with Crippen molar-refractivity contribution >= 4 is 11.8 Å². The van der Waals surface area contributed by atoms with Crippen LogP contribution in [0, 0.1) is 0 Å². The first-order chi connectivity index (χ1) is 9.01. The minimum atomic E-state index is -0.950. The van der Waals surface area contributed by atoms with E-state index in [-0.39, 0.29) is 5.56 Å². The van der Waals surface area contributed by atoms with E-state index in [1.165, 1.54) is 0 Å². The number of likely N-dealkylation sites (N-methyl/N-ethyl adjacent to an activating group) is 1. The summed E-state index contributed by atoms with van der Waals surface area (Å²) in [5.41, 5.74) is 1.79. The number of nitrogens with one attached hydrogen (secondary N) is 1. The summed E-state index contributed by atoms with van der Waals surface area (Å²) >= 11 is 0. The molecule has 0 saturated carbocycles. The monoisotopic (exact) mass is 266 g/mol. The van der Waals surface area contributed by atoms with Crippen LogP contribution in [0.25, 0.3) is 0 Å². The molecule has 0 radical (unpaired) electrons. The molecular formula is C13H22N4O2. The van der Waals surface area contributed by atoms with E-state index in [1.54, 1.807) is 0 Å². The van der Waals surface area contributed by atoms with Gasteiger partial charge in [0.05, 0.1) is 5.69 Å². The lowest BCUT2D eigenvalue weighted by atomic mass is 10.0. The third kappa shape index (κ3) is 3.89. The summed E-state index contributed by atoms with van der Waals surface area (Å²) in [7, 11) is 3.92. The van der Waals surface area contributed by atoms with Gasteiger partial charge >= 0.3 is 5.97 Å². The fourth-order valence-electron chi connectivity index (χ4n) is 1.92. The zero-order chi connectivity index (χ0) is 14.4. The van der Waals surface area contributed by atoms with Gasteiger partial charge in [-0.05, 0) is 32.5 Å². The van der Waals surface area contributed by atoms with Crippen molar-refractivity contribution in [3.8, 4) is 0 Å². The second kappa shape index (κ2) is 7.04. The molecule has 0 aliphatic rings. The molecule has 6 nitrogen and oxygen atoms in total. The molecule has 0 aliphatic carbocycles. The lowest BCUT2D eigenvalue weighted by Crippen LogP contribution is -2.23. The van der Waals surface area contributed by atoms with Gasteiger partial charge < -0.3 is 15.3 Å². The Morgan fingerprint density at radius 2 is 1.95 bits per heavy atom. The van der Waals surface area contributed by atoms with Crippen molar-refractivity contribution in [1.29, 1.82) is 0 Å². The van der Waals surface area contributed by atoms with E-state index in [0.29, 0.717) is 25.2 Å². The third-order valence-corrected chi connectivity index (χ3v) is 2.91. The molecule has 1 heterocycles. The highest BCUT2D eigenvalue weighted by molar-refractivity contribution is 5.95. The maximum atomic E-state index is 11.4. The molecule has 0 fully saturated rings. The minimum Gasteiger partial charge on any atom is -0.478 e. The molecule has 0 bridgehead atoms. The van der Waals surface area contributed by atoms with E-state index in [0.717, 1.165) is 17.8 Å². The second-order valence-electron chi connectivity index (χ2n) is 4.59. The van der Waals surface area contributed by atoms with E-state index in [1.807, 2.05) is 32.8 Å². The molecule has 19 heavy (non-hydrogen) atoms. The van der Waals surface area contributed by atoms with Gasteiger partial charge in [0, 0.05) is 13.1 Å². The molecule has 6 heteroatoms. The van der Waals surface area contributed by atoms with Gasteiger partial charge in [0.1, 0.15) is 5.56 Å². The van der Waals surface area contributed by atoms with Crippen LogP contribution in [0.1, 0.15) is 35.5 Å². The van der Waals surface area contributed by atoms with Gasteiger partial charge in [-0.1, -0.05) is 13.8 Å². The van der Waals surface area contributed by atoms with Crippen LogP contribution in [0.15, 0.2) is 0 Å². The quantitative estimate of drug-likeness (QED) is 0.774. The Labute approximate surface area is 113 Å². The molecule has 0 aliphatic heterocycles. The average molecular weight is 266 g/mol. The summed E-state index contributed by atoms with van der Waals surface area (Å²) < 4.78 is 0. The first kappa shape index (κ1) is 15.4. The van der Waals surface area contributed by atoms with Crippen LogP contribution in [0.3, 0.4) is 0 Å². The molecule has 0 atom stereocenters. The number of hydrogen-bond donors (Lipinski definition) is 2. The fraction of sp³-hybridized carbons (Fsp3) is 0.615. The Morgan fingerprint density at radius 3 is 2.42 bits per heavy atom. The highest BCUT2D eigenvalue weighted by atomic mass is 16.4. The van der Waals surface area contributed by atoms with Gasteiger partial charge in [0.25, 0.3) is 0 Å². The summed E-state index contributed by atoms with van der Waals surface area (Å²) in [5.74, 6) is -0.586. The zero-order valence-corrected chi connectivity index (χ0v) is 12.0. The van der Waals surface area contributed by atoms with Crippen LogP contribution in [0.2, 0.25) is 0 Å². The Hall–Kier alpha value is -1.69. The van der Waals surface area contributed by atoms with Crippen LogP contribution < -0.4 is 5.32 Å². The lowest BCUT2D eigenvalue weighted by Gasteiger charge is -2.15. The number of aryl methyl sites for hydroxylation is 1. The molecule has 1 aromatic rings. The van der Waals surface area contributed by atoms with Crippen LogP contribution in [0.4, 0.5) is 5.82 Å². The van der Waals surface area contributed by atoms with E-state index in [9.17, 15) is 9.90 Å². The predicted octanol–water partition coefficient (Wildman–Crippen LogP) is 1.27. The maximum Gasteiger partial charge on any atom is 0.339 e. The molecule has 0 aromatic carbocycles. The third-order valence-electron chi connectivity index (χ3n) is 2.91. The molecule has 0 amide bonds. The van der Waals surface area contributed by atoms with E-state index >= 15 is 0 Å². The number of aromatic carboxylic acids is 1.